The first-order valence-electron chi connectivity index (χ1n) is 4.56. The minimum absolute atomic E-state index is 0.0532. The molecule has 10 heteroatoms. The highest BCUT2D eigenvalue weighted by atomic mass is 32.2. The van der Waals surface area contributed by atoms with Crippen LogP contribution in [0.1, 0.15) is 5.69 Å². The number of aromatic nitrogens is 3. The number of rotatable bonds is 4. The molecule has 0 saturated carbocycles. The molecule has 0 radical (unpaired) electrons. The highest BCUT2D eigenvalue weighted by Gasteiger charge is 2.21. The van der Waals surface area contributed by atoms with Gasteiger partial charge in [-0.15, -0.1) is 5.10 Å². The van der Waals surface area contributed by atoms with E-state index in [2.05, 4.69) is 19.3 Å². The second-order valence-corrected chi connectivity index (χ2v) is 5.98. The zero-order valence-electron chi connectivity index (χ0n) is 8.77. The highest BCUT2D eigenvalue weighted by Crippen LogP contribution is 2.19. The fourth-order valence-corrected chi connectivity index (χ4v) is 3.28. The third-order valence-electron chi connectivity index (χ3n) is 1.89. The minimum Gasteiger partial charge on any atom is -0.388 e. The lowest BCUT2D eigenvalue weighted by molar-refractivity contribution is 0.600. The van der Waals surface area contributed by atoms with Crippen LogP contribution < -0.4 is 10.5 Å². The SMILES string of the molecule is NC(=S)c1ncccc1S(=O)(=O)Nc1cnns1. The number of sulfonamides is 1. The van der Waals surface area contributed by atoms with Crippen LogP contribution in [0.5, 0.6) is 0 Å². The number of pyridine rings is 1. The third kappa shape index (κ3) is 2.60. The Kier molecular flexibility index (Phi) is 3.50. The Bertz CT molecular complexity index is 668. The van der Waals surface area contributed by atoms with Crippen LogP contribution in [-0.2, 0) is 10.0 Å². The van der Waals surface area contributed by atoms with Gasteiger partial charge in [0, 0.05) is 17.7 Å². The zero-order chi connectivity index (χ0) is 13.2. The van der Waals surface area contributed by atoms with Crippen LogP contribution in [0.25, 0.3) is 0 Å². The van der Waals surface area contributed by atoms with Crippen LogP contribution in [-0.4, -0.2) is 28.0 Å². The van der Waals surface area contributed by atoms with Gasteiger partial charge in [0.15, 0.2) is 0 Å². The van der Waals surface area contributed by atoms with Gasteiger partial charge in [-0.25, -0.2) is 8.42 Å². The highest BCUT2D eigenvalue weighted by molar-refractivity contribution is 7.93. The molecule has 0 amide bonds. The first-order valence-corrected chi connectivity index (χ1v) is 7.22. The van der Waals surface area contributed by atoms with Gasteiger partial charge >= 0.3 is 0 Å². The first kappa shape index (κ1) is 12.8. The molecule has 7 nitrogen and oxygen atoms in total. The van der Waals surface area contributed by atoms with Crippen molar-refractivity contribution in [2.24, 2.45) is 5.73 Å². The maximum absolute atomic E-state index is 12.1. The molecular weight excluding hydrogens is 294 g/mol. The van der Waals surface area contributed by atoms with E-state index in [1.165, 1.54) is 24.5 Å². The van der Waals surface area contributed by atoms with Crippen LogP contribution in [0.3, 0.4) is 0 Å². The fraction of sp³-hybridized carbons (Fsp3) is 0. The number of anilines is 1. The van der Waals surface area contributed by atoms with Gasteiger partial charge in [0.1, 0.15) is 20.6 Å². The average molecular weight is 301 g/mol. The Labute approximate surface area is 112 Å². The van der Waals surface area contributed by atoms with E-state index in [0.29, 0.717) is 5.00 Å². The maximum atomic E-state index is 12.1. The van der Waals surface area contributed by atoms with E-state index < -0.39 is 10.0 Å². The van der Waals surface area contributed by atoms with E-state index >= 15 is 0 Å². The number of nitrogens with zero attached hydrogens (tertiary/aromatic N) is 3. The molecule has 3 N–H and O–H groups in total. The van der Waals surface area contributed by atoms with Gasteiger partial charge in [-0.3, -0.25) is 9.71 Å². The summed E-state index contributed by atoms with van der Waals surface area (Å²) in [5.74, 6) is 0. The second kappa shape index (κ2) is 4.92. The Morgan fingerprint density at radius 2 is 2.28 bits per heavy atom. The zero-order valence-corrected chi connectivity index (χ0v) is 11.2. The molecule has 0 bridgehead atoms. The topological polar surface area (TPSA) is 111 Å². The Morgan fingerprint density at radius 3 is 2.89 bits per heavy atom. The van der Waals surface area contributed by atoms with E-state index in [0.717, 1.165) is 11.5 Å². The van der Waals surface area contributed by atoms with Crippen molar-refractivity contribution in [2.45, 2.75) is 4.90 Å². The van der Waals surface area contributed by atoms with Crippen LogP contribution >= 0.6 is 23.8 Å². The van der Waals surface area contributed by atoms with Crippen molar-refractivity contribution in [3.8, 4) is 0 Å². The summed E-state index contributed by atoms with van der Waals surface area (Å²) in [5, 5.41) is 3.83. The van der Waals surface area contributed by atoms with Crippen molar-refractivity contribution in [1.82, 2.24) is 14.6 Å². The van der Waals surface area contributed by atoms with Crippen LogP contribution in [0, 0.1) is 0 Å². The number of nitrogens with one attached hydrogen (secondary N) is 1. The molecule has 2 aromatic heterocycles. The first-order chi connectivity index (χ1) is 8.50. The quantitative estimate of drug-likeness (QED) is 0.785. The van der Waals surface area contributed by atoms with E-state index in [9.17, 15) is 8.42 Å². The standard InChI is InChI=1S/C8H7N5O2S3/c9-8(16)7-5(2-1-3-10-7)18(14,15)12-6-4-11-13-17-6/h1-4,12H,(H2,9,16). The van der Waals surface area contributed by atoms with Crippen molar-refractivity contribution in [3.63, 3.8) is 0 Å². The van der Waals surface area contributed by atoms with E-state index in [1.54, 1.807) is 0 Å². The van der Waals surface area contributed by atoms with Gasteiger partial charge in [-0.05, 0) is 12.1 Å². The van der Waals surface area contributed by atoms with Crippen molar-refractivity contribution in [2.75, 3.05) is 4.72 Å². The molecule has 0 atom stereocenters. The average Bonchev–Trinajstić information content (AvgIpc) is 2.81. The summed E-state index contributed by atoms with van der Waals surface area (Å²) in [6.45, 7) is 0. The van der Waals surface area contributed by atoms with Crippen molar-refractivity contribution in [1.29, 1.82) is 0 Å². The lowest BCUT2D eigenvalue weighted by Crippen LogP contribution is -2.20. The molecule has 2 aromatic rings. The van der Waals surface area contributed by atoms with Crippen molar-refractivity contribution < 1.29 is 8.42 Å². The second-order valence-electron chi connectivity index (χ2n) is 3.10. The molecule has 2 rings (SSSR count). The molecular formula is C8H7N5O2S3. The molecule has 94 valence electrons. The van der Waals surface area contributed by atoms with Crippen molar-refractivity contribution in [3.05, 3.63) is 30.2 Å². The fourth-order valence-electron chi connectivity index (χ4n) is 1.19. The Morgan fingerprint density at radius 1 is 1.50 bits per heavy atom. The molecule has 0 spiro atoms. The predicted molar refractivity (Wildman–Crippen MR) is 70.8 cm³/mol. The van der Waals surface area contributed by atoms with E-state index in [-0.39, 0.29) is 15.6 Å². The molecule has 0 fully saturated rings. The summed E-state index contributed by atoms with van der Waals surface area (Å²) in [4.78, 5) is 3.70. The van der Waals surface area contributed by atoms with Crippen LogP contribution in [0.4, 0.5) is 5.00 Å². The van der Waals surface area contributed by atoms with Gasteiger partial charge in [0.2, 0.25) is 0 Å². The monoisotopic (exact) mass is 301 g/mol. The molecule has 2 heterocycles. The Balaban J connectivity index is 2.45. The van der Waals surface area contributed by atoms with Gasteiger partial charge in [0.25, 0.3) is 10.0 Å². The molecule has 18 heavy (non-hydrogen) atoms. The maximum Gasteiger partial charge on any atom is 0.264 e. The normalized spacial score (nSPS) is 11.1. The molecule has 0 aliphatic carbocycles. The van der Waals surface area contributed by atoms with Gasteiger partial charge in [0.05, 0.1) is 6.20 Å². The van der Waals surface area contributed by atoms with Crippen LogP contribution in [0.15, 0.2) is 29.4 Å². The number of thiocarbonyl (C=S) groups is 1. The van der Waals surface area contributed by atoms with E-state index in [4.69, 9.17) is 18.0 Å². The predicted octanol–water partition coefficient (Wildman–Crippen LogP) is 0.368. The lowest BCUT2D eigenvalue weighted by atomic mass is 10.3. The summed E-state index contributed by atoms with van der Waals surface area (Å²) in [5.41, 5.74) is 5.49. The van der Waals surface area contributed by atoms with Crippen LogP contribution in [0.2, 0.25) is 0 Å². The van der Waals surface area contributed by atoms with Crippen molar-refractivity contribution >= 4 is 43.8 Å². The molecule has 0 aromatic carbocycles. The molecule has 0 unspecified atom stereocenters. The van der Waals surface area contributed by atoms with Gasteiger partial charge in [-0.1, -0.05) is 16.7 Å². The largest absolute Gasteiger partial charge is 0.388 e. The smallest absolute Gasteiger partial charge is 0.264 e. The summed E-state index contributed by atoms with van der Waals surface area (Å²) in [6.07, 6.45) is 2.72. The third-order valence-corrected chi connectivity index (χ3v) is 4.19. The number of nitrogens with two attached hydrogens (primary N) is 1. The Hall–Kier alpha value is -1.65. The molecule has 0 saturated heterocycles. The number of hydrogen-bond donors (Lipinski definition) is 2. The molecule has 0 aliphatic heterocycles. The van der Waals surface area contributed by atoms with E-state index in [1.807, 2.05) is 0 Å². The summed E-state index contributed by atoms with van der Waals surface area (Å²) >= 11 is 5.69. The number of hydrogen-bond acceptors (Lipinski definition) is 7. The molecule has 0 aliphatic rings. The summed E-state index contributed by atoms with van der Waals surface area (Å²) < 4.78 is 30.1. The summed E-state index contributed by atoms with van der Waals surface area (Å²) in [6, 6.07) is 2.86. The summed E-state index contributed by atoms with van der Waals surface area (Å²) in [7, 11) is -3.81. The van der Waals surface area contributed by atoms with Gasteiger partial charge in [-0.2, -0.15) is 0 Å². The minimum atomic E-state index is -3.81. The van der Waals surface area contributed by atoms with Gasteiger partial charge < -0.3 is 5.73 Å². The lowest BCUT2D eigenvalue weighted by Gasteiger charge is -2.08.